The lowest BCUT2D eigenvalue weighted by Crippen LogP contribution is -2.28. The molecule has 22 heavy (non-hydrogen) atoms. The molecule has 0 saturated heterocycles. The van der Waals surface area contributed by atoms with Crippen molar-refractivity contribution in [1.29, 1.82) is 0 Å². The van der Waals surface area contributed by atoms with Gasteiger partial charge < -0.3 is 10.2 Å². The van der Waals surface area contributed by atoms with Crippen molar-refractivity contribution in [3.8, 4) is 0 Å². The van der Waals surface area contributed by atoms with Gasteiger partial charge in [0.25, 0.3) is 5.03 Å². The Labute approximate surface area is 132 Å². The maximum absolute atomic E-state index is 12.5. The van der Waals surface area contributed by atoms with Gasteiger partial charge in [-0.15, -0.1) is 0 Å². The third-order valence-electron chi connectivity index (χ3n) is 3.62. The van der Waals surface area contributed by atoms with Crippen LogP contribution in [0.1, 0.15) is 22.8 Å². The highest BCUT2D eigenvalue weighted by atomic mass is 32.2. The zero-order valence-electron chi connectivity index (χ0n) is 12.2. The van der Waals surface area contributed by atoms with E-state index in [1.54, 1.807) is 24.4 Å². The molecule has 0 aliphatic heterocycles. The fourth-order valence-corrected chi connectivity index (χ4v) is 3.28. The summed E-state index contributed by atoms with van der Waals surface area (Å²) < 4.78 is 0.780. The maximum atomic E-state index is 12.5. The van der Waals surface area contributed by atoms with Gasteiger partial charge in [-0.1, -0.05) is 25.1 Å². The van der Waals surface area contributed by atoms with Gasteiger partial charge in [0.15, 0.2) is 12.0 Å². The molecule has 2 heterocycles. The van der Waals surface area contributed by atoms with Crippen LogP contribution >= 0.6 is 11.8 Å². The van der Waals surface area contributed by atoms with Crippen molar-refractivity contribution in [2.24, 2.45) is 0 Å². The van der Waals surface area contributed by atoms with E-state index in [9.17, 15) is 10.0 Å². The van der Waals surface area contributed by atoms with Crippen molar-refractivity contribution in [3.05, 3.63) is 65.1 Å². The summed E-state index contributed by atoms with van der Waals surface area (Å²) in [6.07, 6.45) is 4.12. The first-order chi connectivity index (χ1) is 10.7. The van der Waals surface area contributed by atoms with Gasteiger partial charge in [0.2, 0.25) is 0 Å². The van der Waals surface area contributed by atoms with Crippen molar-refractivity contribution in [2.45, 2.75) is 18.4 Å². The Morgan fingerprint density at radius 3 is 2.91 bits per heavy atom. The summed E-state index contributed by atoms with van der Waals surface area (Å²) in [4.78, 5) is 15.7. The van der Waals surface area contributed by atoms with Crippen LogP contribution in [-0.2, 0) is 6.42 Å². The second kappa shape index (κ2) is 6.23. The number of H-pyrrole nitrogens is 1. The summed E-state index contributed by atoms with van der Waals surface area (Å²) in [5, 5.41) is 13.1. The summed E-state index contributed by atoms with van der Waals surface area (Å²) >= 11 is 1.26. The van der Waals surface area contributed by atoms with Gasteiger partial charge in [-0.25, -0.2) is 0 Å². The van der Waals surface area contributed by atoms with Crippen LogP contribution in [0.5, 0.6) is 0 Å². The lowest BCUT2D eigenvalue weighted by Gasteiger charge is -2.03. The molecule has 2 aromatic heterocycles. The Morgan fingerprint density at radius 2 is 2.14 bits per heavy atom. The molecule has 1 N–H and O–H groups in total. The van der Waals surface area contributed by atoms with Crippen molar-refractivity contribution < 1.29 is 9.52 Å². The molecule has 0 aliphatic carbocycles. The average Bonchev–Trinajstić information content (AvgIpc) is 2.98. The van der Waals surface area contributed by atoms with Gasteiger partial charge in [-0.2, -0.15) is 4.73 Å². The number of rotatable bonds is 5. The Hall–Kier alpha value is -2.27. The van der Waals surface area contributed by atoms with E-state index >= 15 is 0 Å². The Kier molecular flexibility index (Phi) is 4.15. The SMILES string of the molecule is CCc1cccc2c(C(=O)CSc3cccc[n+]3[O-])c[nH]c12. The smallest absolute Gasteiger partial charge is 0.251 e. The molecule has 0 unspecified atom stereocenters. The third-order valence-corrected chi connectivity index (χ3v) is 4.64. The number of nitrogens with one attached hydrogen (secondary N) is 1. The minimum atomic E-state index is 0.0216. The van der Waals surface area contributed by atoms with Crippen molar-refractivity contribution in [2.75, 3.05) is 5.75 Å². The van der Waals surface area contributed by atoms with E-state index in [1.807, 2.05) is 12.1 Å². The fraction of sp³-hybridized carbons (Fsp3) is 0.176. The number of pyridine rings is 1. The molecular formula is C17H16N2O2S. The van der Waals surface area contributed by atoms with Crippen LogP contribution in [0, 0.1) is 5.21 Å². The number of carbonyl (C=O) groups is 1. The Bertz CT molecular complexity index is 826. The van der Waals surface area contributed by atoms with Gasteiger partial charge in [0.05, 0.1) is 5.75 Å². The highest BCUT2D eigenvalue weighted by Gasteiger charge is 2.15. The molecule has 112 valence electrons. The number of aryl methyl sites for hydroxylation is 1. The Morgan fingerprint density at radius 1 is 1.27 bits per heavy atom. The molecule has 0 atom stereocenters. The minimum absolute atomic E-state index is 0.0216. The molecule has 4 nitrogen and oxygen atoms in total. The summed E-state index contributed by atoms with van der Waals surface area (Å²) in [6, 6.07) is 11.2. The molecular weight excluding hydrogens is 296 g/mol. The van der Waals surface area contributed by atoms with E-state index < -0.39 is 0 Å². The van der Waals surface area contributed by atoms with Crippen LogP contribution in [0.3, 0.4) is 0 Å². The predicted molar refractivity (Wildman–Crippen MR) is 88.1 cm³/mol. The van der Waals surface area contributed by atoms with E-state index in [2.05, 4.69) is 18.0 Å². The molecule has 0 fully saturated rings. The molecule has 3 aromatic rings. The largest absolute Gasteiger partial charge is 0.618 e. The summed E-state index contributed by atoms with van der Waals surface area (Å²) in [6.45, 7) is 2.09. The van der Waals surface area contributed by atoms with Crippen molar-refractivity contribution in [1.82, 2.24) is 4.98 Å². The molecule has 0 bridgehead atoms. The first-order valence-corrected chi connectivity index (χ1v) is 8.12. The Balaban J connectivity index is 1.83. The molecule has 0 radical (unpaired) electrons. The highest BCUT2D eigenvalue weighted by molar-refractivity contribution is 7.99. The van der Waals surface area contributed by atoms with Crippen LogP contribution in [0.2, 0.25) is 0 Å². The molecule has 5 heteroatoms. The van der Waals surface area contributed by atoms with Gasteiger partial charge in [-0.3, -0.25) is 4.79 Å². The quantitative estimate of drug-likeness (QED) is 0.340. The third kappa shape index (κ3) is 2.72. The van der Waals surface area contributed by atoms with Crippen molar-refractivity contribution in [3.63, 3.8) is 0 Å². The molecule has 0 spiro atoms. The number of fused-ring (bicyclic) bond motifs is 1. The van der Waals surface area contributed by atoms with E-state index in [-0.39, 0.29) is 11.5 Å². The standard InChI is InChI=1S/C17H16N2O2S/c1-2-12-6-5-7-13-14(10-18-17(12)13)15(20)11-22-16-8-3-4-9-19(16)21/h3-10,18H,2,11H2,1H3. The number of hydrogen-bond donors (Lipinski definition) is 1. The van der Waals surface area contributed by atoms with Crippen LogP contribution in [0.15, 0.2) is 53.8 Å². The van der Waals surface area contributed by atoms with Gasteiger partial charge in [0, 0.05) is 34.8 Å². The van der Waals surface area contributed by atoms with Crippen LogP contribution < -0.4 is 4.73 Å². The summed E-state index contributed by atoms with van der Waals surface area (Å²) in [7, 11) is 0. The number of carbonyl (C=O) groups excluding carboxylic acids is 1. The second-order valence-electron chi connectivity index (χ2n) is 4.97. The number of aromatic amines is 1. The first-order valence-electron chi connectivity index (χ1n) is 7.14. The minimum Gasteiger partial charge on any atom is -0.618 e. The maximum Gasteiger partial charge on any atom is 0.251 e. The van der Waals surface area contributed by atoms with Crippen LogP contribution in [0.4, 0.5) is 0 Å². The fourth-order valence-electron chi connectivity index (χ4n) is 2.48. The van der Waals surface area contributed by atoms with E-state index in [0.717, 1.165) is 22.1 Å². The van der Waals surface area contributed by atoms with Crippen molar-refractivity contribution >= 4 is 28.4 Å². The van der Waals surface area contributed by atoms with Crippen LogP contribution in [0.25, 0.3) is 10.9 Å². The molecule has 1 aromatic carbocycles. The topological polar surface area (TPSA) is 59.8 Å². The van der Waals surface area contributed by atoms with Gasteiger partial charge in [0.1, 0.15) is 0 Å². The lowest BCUT2D eigenvalue weighted by molar-refractivity contribution is -0.645. The summed E-state index contributed by atoms with van der Waals surface area (Å²) in [5.41, 5.74) is 2.91. The molecule has 0 amide bonds. The highest BCUT2D eigenvalue weighted by Crippen LogP contribution is 2.24. The van der Waals surface area contributed by atoms with E-state index in [4.69, 9.17) is 0 Å². The van der Waals surface area contributed by atoms with Crippen LogP contribution in [-0.4, -0.2) is 16.5 Å². The van der Waals surface area contributed by atoms with Gasteiger partial charge in [-0.05, 0) is 29.8 Å². The number of nitrogens with zero attached hydrogens (tertiary/aromatic N) is 1. The normalized spacial score (nSPS) is 11.0. The zero-order valence-corrected chi connectivity index (χ0v) is 13.0. The lowest BCUT2D eigenvalue weighted by atomic mass is 10.1. The predicted octanol–water partition coefficient (Wildman–Crippen LogP) is 3.34. The molecule has 3 rings (SSSR count). The molecule has 0 aliphatic rings. The monoisotopic (exact) mass is 312 g/mol. The average molecular weight is 312 g/mol. The number of Topliss-reactive ketones (excluding diaryl/α,β-unsaturated/α-hetero) is 1. The number of thioether (sulfide) groups is 1. The second-order valence-corrected chi connectivity index (χ2v) is 5.97. The summed E-state index contributed by atoms with van der Waals surface area (Å²) in [5.74, 6) is 0.267. The van der Waals surface area contributed by atoms with E-state index in [1.165, 1.54) is 23.5 Å². The molecule has 0 saturated carbocycles. The number of aromatic nitrogens is 2. The number of para-hydroxylation sites is 1. The van der Waals surface area contributed by atoms with Gasteiger partial charge >= 0.3 is 0 Å². The number of hydrogen-bond acceptors (Lipinski definition) is 3. The van der Waals surface area contributed by atoms with E-state index in [0.29, 0.717) is 10.6 Å². The first kappa shape index (κ1) is 14.7. The number of ketones is 1. The number of benzene rings is 1. The zero-order chi connectivity index (χ0) is 15.5.